The highest BCUT2D eigenvalue weighted by atomic mass is 32.1. The number of hydrogen-bond acceptors (Lipinski definition) is 3. The largest absolute Gasteiger partial charge is 0.461 e. The van der Waals surface area contributed by atoms with Gasteiger partial charge in [0.25, 0.3) is 0 Å². The summed E-state index contributed by atoms with van der Waals surface area (Å²) in [7, 11) is 0. The zero-order chi connectivity index (χ0) is 11.8. The van der Waals surface area contributed by atoms with Crippen LogP contribution in [0.5, 0.6) is 0 Å². The van der Waals surface area contributed by atoms with Crippen molar-refractivity contribution in [2.45, 2.75) is 6.92 Å². The molecule has 0 atom stereocenters. The minimum atomic E-state index is -0.0371. The van der Waals surface area contributed by atoms with Crippen LogP contribution in [-0.2, 0) is 0 Å². The summed E-state index contributed by atoms with van der Waals surface area (Å²) in [6, 6.07) is 9.72. The minimum absolute atomic E-state index is 0.0371. The van der Waals surface area contributed by atoms with Crippen molar-refractivity contribution in [2.75, 3.05) is 0 Å². The van der Waals surface area contributed by atoms with E-state index in [-0.39, 0.29) is 5.78 Å². The molecule has 17 heavy (non-hydrogen) atoms. The van der Waals surface area contributed by atoms with E-state index in [4.69, 9.17) is 4.42 Å². The van der Waals surface area contributed by atoms with E-state index in [9.17, 15) is 4.79 Å². The highest BCUT2D eigenvalue weighted by Crippen LogP contribution is 2.28. The maximum absolute atomic E-state index is 12.3. The number of furan rings is 1. The van der Waals surface area contributed by atoms with Crippen LogP contribution in [0.25, 0.3) is 10.1 Å². The van der Waals surface area contributed by atoms with Gasteiger partial charge in [0.1, 0.15) is 0 Å². The minimum Gasteiger partial charge on any atom is -0.461 e. The van der Waals surface area contributed by atoms with Crippen molar-refractivity contribution in [3.05, 3.63) is 58.9 Å². The third kappa shape index (κ3) is 1.59. The topological polar surface area (TPSA) is 30.2 Å². The smallest absolute Gasteiger partial charge is 0.229 e. The van der Waals surface area contributed by atoms with Crippen LogP contribution in [0.2, 0.25) is 0 Å². The maximum Gasteiger partial charge on any atom is 0.229 e. The number of carbonyl (C=O) groups is 1. The van der Waals surface area contributed by atoms with E-state index >= 15 is 0 Å². The first-order valence-electron chi connectivity index (χ1n) is 5.32. The van der Waals surface area contributed by atoms with Crippen LogP contribution in [0.1, 0.15) is 21.7 Å². The van der Waals surface area contributed by atoms with Gasteiger partial charge < -0.3 is 4.42 Å². The summed E-state index contributed by atoms with van der Waals surface area (Å²) >= 11 is 1.58. The Morgan fingerprint density at radius 2 is 2.06 bits per heavy atom. The van der Waals surface area contributed by atoms with Crippen LogP contribution in [0, 0.1) is 6.92 Å². The molecule has 3 heteroatoms. The second-order valence-electron chi connectivity index (χ2n) is 3.91. The van der Waals surface area contributed by atoms with Gasteiger partial charge in [0.2, 0.25) is 5.78 Å². The quantitative estimate of drug-likeness (QED) is 0.635. The standard InChI is InChI=1S/C14H10O2S/c1-9-6-7-16-14(9)13(15)11-8-17-12-5-3-2-4-10(11)12/h2-8H,1H3. The lowest BCUT2D eigenvalue weighted by atomic mass is 10.1. The summed E-state index contributed by atoms with van der Waals surface area (Å²) in [6.07, 6.45) is 1.55. The molecule has 0 aliphatic rings. The van der Waals surface area contributed by atoms with Crippen molar-refractivity contribution in [3.8, 4) is 0 Å². The molecule has 3 rings (SSSR count). The summed E-state index contributed by atoms with van der Waals surface area (Å²) < 4.78 is 6.38. The molecule has 0 N–H and O–H groups in total. The Bertz CT molecular complexity index is 691. The normalized spacial score (nSPS) is 10.9. The molecule has 0 aliphatic carbocycles. The Hall–Kier alpha value is -1.87. The third-order valence-corrected chi connectivity index (χ3v) is 3.76. The van der Waals surface area contributed by atoms with Crippen LogP contribution < -0.4 is 0 Å². The summed E-state index contributed by atoms with van der Waals surface area (Å²) in [5.74, 6) is 0.401. The maximum atomic E-state index is 12.3. The van der Waals surface area contributed by atoms with E-state index in [1.54, 1.807) is 17.6 Å². The van der Waals surface area contributed by atoms with Crippen LogP contribution in [-0.4, -0.2) is 5.78 Å². The first-order chi connectivity index (χ1) is 8.27. The summed E-state index contributed by atoms with van der Waals surface area (Å²) in [4.78, 5) is 12.3. The summed E-state index contributed by atoms with van der Waals surface area (Å²) in [5.41, 5.74) is 1.61. The molecule has 2 aromatic heterocycles. The van der Waals surface area contributed by atoms with Gasteiger partial charge in [-0.2, -0.15) is 0 Å². The number of carbonyl (C=O) groups excluding carboxylic acids is 1. The molecule has 0 bridgehead atoms. The van der Waals surface area contributed by atoms with Crippen LogP contribution in [0.3, 0.4) is 0 Å². The Kier molecular flexibility index (Phi) is 2.34. The summed E-state index contributed by atoms with van der Waals surface area (Å²) in [6.45, 7) is 1.88. The Morgan fingerprint density at radius 1 is 1.24 bits per heavy atom. The van der Waals surface area contributed by atoms with Crippen molar-refractivity contribution in [2.24, 2.45) is 0 Å². The van der Waals surface area contributed by atoms with Crippen molar-refractivity contribution in [3.63, 3.8) is 0 Å². The fraction of sp³-hybridized carbons (Fsp3) is 0.0714. The molecule has 2 heterocycles. The molecule has 0 aliphatic heterocycles. The second-order valence-corrected chi connectivity index (χ2v) is 4.82. The van der Waals surface area contributed by atoms with Crippen molar-refractivity contribution in [1.29, 1.82) is 0 Å². The van der Waals surface area contributed by atoms with E-state index in [1.165, 1.54) is 0 Å². The number of thiophene rings is 1. The fourth-order valence-electron chi connectivity index (χ4n) is 1.88. The lowest BCUT2D eigenvalue weighted by Crippen LogP contribution is -2.00. The van der Waals surface area contributed by atoms with E-state index in [1.807, 2.05) is 42.6 Å². The molecule has 0 amide bonds. The number of hydrogen-bond donors (Lipinski definition) is 0. The molecule has 0 radical (unpaired) electrons. The molecule has 0 fully saturated rings. The van der Waals surface area contributed by atoms with Crippen LogP contribution >= 0.6 is 11.3 Å². The monoisotopic (exact) mass is 242 g/mol. The molecule has 3 aromatic rings. The van der Waals surface area contributed by atoms with Gasteiger partial charge in [-0.1, -0.05) is 18.2 Å². The van der Waals surface area contributed by atoms with Gasteiger partial charge in [-0.05, 0) is 24.6 Å². The zero-order valence-electron chi connectivity index (χ0n) is 9.27. The Balaban J connectivity index is 2.17. The number of ketones is 1. The summed E-state index contributed by atoms with van der Waals surface area (Å²) in [5, 5.41) is 2.90. The van der Waals surface area contributed by atoms with Gasteiger partial charge in [-0.3, -0.25) is 4.79 Å². The van der Waals surface area contributed by atoms with E-state index in [0.717, 1.165) is 21.2 Å². The second kappa shape index (κ2) is 3.86. The molecule has 84 valence electrons. The van der Waals surface area contributed by atoms with Crippen LogP contribution in [0.4, 0.5) is 0 Å². The number of aryl methyl sites for hydroxylation is 1. The van der Waals surface area contributed by atoms with Gasteiger partial charge in [0.15, 0.2) is 5.76 Å². The molecular formula is C14H10O2S. The van der Waals surface area contributed by atoms with Crippen LogP contribution in [0.15, 0.2) is 46.4 Å². The Morgan fingerprint density at radius 3 is 2.82 bits per heavy atom. The van der Waals surface area contributed by atoms with Gasteiger partial charge in [-0.15, -0.1) is 11.3 Å². The van der Waals surface area contributed by atoms with Gasteiger partial charge in [-0.25, -0.2) is 0 Å². The predicted octanol–water partition coefficient (Wildman–Crippen LogP) is 4.03. The average Bonchev–Trinajstić information content (AvgIpc) is 2.94. The lowest BCUT2D eigenvalue weighted by Gasteiger charge is -1.97. The fourth-order valence-corrected chi connectivity index (χ4v) is 2.82. The SMILES string of the molecule is Cc1ccoc1C(=O)c1csc2ccccc12. The highest BCUT2D eigenvalue weighted by molar-refractivity contribution is 7.17. The molecule has 0 saturated carbocycles. The van der Waals surface area contributed by atoms with Gasteiger partial charge >= 0.3 is 0 Å². The molecule has 0 spiro atoms. The van der Waals surface area contributed by atoms with Gasteiger partial charge in [0, 0.05) is 21.0 Å². The van der Waals surface area contributed by atoms with E-state index in [0.29, 0.717) is 5.76 Å². The molecule has 2 nitrogen and oxygen atoms in total. The highest BCUT2D eigenvalue weighted by Gasteiger charge is 2.18. The van der Waals surface area contributed by atoms with Crippen molar-refractivity contribution in [1.82, 2.24) is 0 Å². The lowest BCUT2D eigenvalue weighted by molar-refractivity contribution is 0.101. The number of fused-ring (bicyclic) bond motifs is 1. The molecule has 0 saturated heterocycles. The van der Waals surface area contributed by atoms with E-state index in [2.05, 4.69) is 0 Å². The average molecular weight is 242 g/mol. The van der Waals surface area contributed by atoms with E-state index < -0.39 is 0 Å². The molecular weight excluding hydrogens is 232 g/mol. The predicted molar refractivity (Wildman–Crippen MR) is 68.7 cm³/mol. The first-order valence-corrected chi connectivity index (χ1v) is 6.20. The van der Waals surface area contributed by atoms with Crippen molar-refractivity contribution >= 4 is 27.2 Å². The number of rotatable bonds is 2. The van der Waals surface area contributed by atoms with Gasteiger partial charge in [0.05, 0.1) is 6.26 Å². The molecule has 0 unspecified atom stereocenters. The third-order valence-electron chi connectivity index (χ3n) is 2.79. The van der Waals surface area contributed by atoms with Crippen molar-refractivity contribution < 1.29 is 9.21 Å². The molecule has 1 aromatic carbocycles. The zero-order valence-corrected chi connectivity index (χ0v) is 10.1. The number of benzene rings is 1. The first kappa shape index (κ1) is 10.3. The Labute approximate surface area is 102 Å².